The van der Waals surface area contributed by atoms with Crippen LogP contribution >= 0.6 is 0 Å². The molecule has 3 heteroatoms. The van der Waals surface area contributed by atoms with Crippen LogP contribution in [-0.2, 0) is 9.53 Å². The van der Waals surface area contributed by atoms with Gasteiger partial charge in [-0.25, -0.2) is 0 Å². The topological polar surface area (TPSA) is 29.5 Å². The molecule has 3 nitrogen and oxygen atoms in total. The van der Waals surface area contributed by atoms with Crippen LogP contribution in [0.3, 0.4) is 0 Å². The quantitative estimate of drug-likeness (QED) is 0.590. The first-order valence-electron chi connectivity index (χ1n) is 4.92. The van der Waals surface area contributed by atoms with Gasteiger partial charge in [0.2, 0.25) is 5.91 Å². The van der Waals surface area contributed by atoms with E-state index < -0.39 is 0 Å². The molecule has 0 saturated carbocycles. The van der Waals surface area contributed by atoms with Gasteiger partial charge < -0.3 is 9.64 Å². The first-order chi connectivity index (χ1) is 6.09. The molecule has 1 amide bonds. The molecule has 0 aromatic heterocycles. The van der Waals surface area contributed by atoms with Crippen molar-refractivity contribution in [2.24, 2.45) is 5.92 Å². The number of carbonyl (C=O) groups is 1. The molecule has 0 saturated heterocycles. The first-order valence-corrected chi connectivity index (χ1v) is 4.92. The van der Waals surface area contributed by atoms with E-state index >= 15 is 0 Å². The van der Waals surface area contributed by atoms with E-state index in [1.165, 1.54) is 0 Å². The van der Waals surface area contributed by atoms with Gasteiger partial charge in [-0.05, 0) is 6.42 Å². The fourth-order valence-electron chi connectivity index (χ4n) is 0.999. The number of hydrogen-bond donors (Lipinski definition) is 0. The Balaban J connectivity index is 3.50. The van der Waals surface area contributed by atoms with Crippen LogP contribution in [-0.4, -0.2) is 37.6 Å². The molecule has 0 aliphatic heterocycles. The molecule has 0 heterocycles. The molecule has 0 aliphatic rings. The van der Waals surface area contributed by atoms with Crippen LogP contribution in [0.25, 0.3) is 0 Å². The smallest absolute Gasteiger partial charge is 0.224 e. The van der Waals surface area contributed by atoms with Gasteiger partial charge in [0.25, 0.3) is 0 Å². The van der Waals surface area contributed by atoms with Crippen LogP contribution in [0.1, 0.15) is 27.2 Å². The van der Waals surface area contributed by atoms with Gasteiger partial charge in [0, 0.05) is 26.1 Å². The summed E-state index contributed by atoms with van der Waals surface area (Å²) in [5.41, 5.74) is 0. The van der Waals surface area contributed by atoms with Crippen molar-refractivity contribution in [1.29, 1.82) is 0 Å². The standard InChI is InChI=1S/C10H21NO2/c1-5-7-13-8-6-11(4)10(12)9(2)3/h9H,5-8H2,1-4H3. The fraction of sp³-hybridized carbons (Fsp3) is 0.900. The molecule has 0 N–H and O–H groups in total. The molecule has 13 heavy (non-hydrogen) atoms. The van der Waals surface area contributed by atoms with Crippen LogP contribution < -0.4 is 0 Å². The first kappa shape index (κ1) is 12.4. The number of ether oxygens (including phenoxy) is 1. The lowest BCUT2D eigenvalue weighted by atomic mass is 10.2. The highest BCUT2D eigenvalue weighted by Crippen LogP contribution is 1.98. The number of nitrogens with zero attached hydrogens (tertiary/aromatic N) is 1. The van der Waals surface area contributed by atoms with Crippen molar-refractivity contribution in [3.63, 3.8) is 0 Å². The van der Waals surface area contributed by atoms with E-state index in [-0.39, 0.29) is 11.8 Å². The van der Waals surface area contributed by atoms with Crippen LogP contribution in [0.2, 0.25) is 0 Å². The molecule has 0 radical (unpaired) electrons. The summed E-state index contributed by atoms with van der Waals surface area (Å²) in [4.78, 5) is 13.1. The Labute approximate surface area is 81.1 Å². The van der Waals surface area contributed by atoms with Crippen molar-refractivity contribution in [2.45, 2.75) is 27.2 Å². The number of rotatable bonds is 6. The molecule has 0 aromatic rings. The highest BCUT2D eigenvalue weighted by atomic mass is 16.5. The summed E-state index contributed by atoms with van der Waals surface area (Å²) in [5, 5.41) is 0. The lowest BCUT2D eigenvalue weighted by molar-refractivity contribution is -0.133. The summed E-state index contributed by atoms with van der Waals surface area (Å²) >= 11 is 0. The van der Waals surface area contributed by atoms with Gasteiger partial charge in [-0.3, -0.25) is 4.79 Å². The summed E-state index contributed by atoms with van der Waals surface area (Å²) in [6.07, 6.45) is 1.03. The second-order valence-electron chi connectivity index (χ2n) is 3.53. The maximum atomic E-state index is 11.4. The van der Waals surface area contributed by atoms with E-state index in [9.17, 15) is 4.79 Å². The van der Waals surface area contributed by atoms with Gasteiger partial charge in [0.05, 0.1) is 6.61 Å². The average Bonchev–Trinajstić information content (AvgIpc) is 2.10. The molecule has 0 spiro atoms. The minimum atomic E-state index is 0.0798. The van der Waals surface area contributed by atoms with Crippen LogP contribution in [0, 0.1) is 5.92 Å². The summed E-state index contributed by atoms with van der Waals surface area (Å²) in [6.45, 7) is 8.00. The second-order valence-corrected chi connectivity index (χ2v) is 3.53. The van der Waals surface area contributed by atoms with E-state index in [0.717, 1.165) is 13.0 Å². The molecule has 78 valence electrons. The van der Waals surface area contributed by atoms with Gasteiger partial charge in [-0.1, -0.05) is 20.8 Å². The third-order valence-corrected chi connectivity index (χ3v) is 1.79. The Bertz CT molecular complexity index is 146. The normalized spacial score (nSPS) is 10.5. The minimum absolute atomic E-state index is 0.0798. The lowest BCUT2D eigenvalue weighted by Crippen LogP contribution is -2.33. The zero-order valence-electron chi connectivity index (χ0n) is 9.17. The van der Waals surface area contributed by atoms with Crippen molar-refractivity contribution in [3.8, 4) is 0 Å². The zero-order chi connectivity index (χ0) is 10.3. The van der Waals surface area contributed by atoms with E-state index in [0.29, 0.717) is 13.2 Å². The molecular formula is C10H21NO2. The number of amides is 1. The van der Waals surface area contributed by atoms with Gasteiger partial charge >= 0.3 is 0 Å². The Morgan fingerprint density at radius 3 is 2.46 bits per heavy atom. The second kappa shape index (κ2) is 6.89. The van der Waals surface area contributed by atoms with Crippen molar-refractivity contribution in [2.75, 3.05) is 26.8 Å². The summed E-state index contributed by atoms with van der Waals surface area (Å²) in [5.74, 6) is 0.260. The van der Waals surface area contributed by atoms with Gasteiger partial charge in [-0.2, -0.15) is 0 Å². The molecule has 0 atom stereocenters. The molecule has 0 aliphatic carbocycles. The third-order valence-electron chi connectivity index (χ3n) is 1.79. The Hall–Kier alpha value is -0.570. The Morgan fingerprint density at radius 1 is 1.38 bits per heavy atom. The van der Waals surface area contributed by atoms with E-state index in [4.69, 9.17) is 4.74 Å². The lowest BCUT2D eigenvalue weighted by Gasteiger charge is -2.19. The predicted octanol–water partition coefficient (Wildman–Crippen LogP) is 1.53. The number of hydrogen-bond acceptors (Lipinski definition) is 2. The van der Waals surface area contributed by atoms with Gasteiger partial charge in [-0.15, -0.1) is 0 Å². The van der Waals surface area contributed by atoms with Crippen molar-refractivity contribution in [3.05, 3.63) is 0 Å². The monoisotopic (exact) mass is 187 g/mol. The summed E-state index contributed by atoms with van der Waals surface area (Å²) in [6, 6.07) is 0. The minimum Gasteiger partial charge on any atom is -0.380 e. The van der Waals surface area contributed by atoms with Gasteiger partial charge in [0.15, 0.2) is 0 Å². The largest absolute Gasteiger partial charge is 0.380 e. The third kappa shape index (κ3) is 5.64. The highest BCUT2D eigenvalue weighted by molar-refractivity contribution is 5.77. The highest BCUT2D eigenvalue weighted by Gasteiger charge is 2.11. The fourth-order valence-corrected chi connectivity index (χ4v) is 0.999. The molecule has 0 rings (SSSR count). The summed E-state index contributed by atoms with van der Waals surface area (Å²) < 4.78 is 5.29. The molecule has 0 unspecified atom stereocenters. The van der Waals surface area contributed by atoms with Crippen LogP contribution in [0.4, 0.5) is 0 Å². The Morgan fingerprint density at radius 2 is 2.00 bits per heavy atom. The van der Waals surface area contributed by atoms with Gasteiger partial charge in [0.1, 0.15) is 0 Å². The average molecular weight is 187 g/mol. The van der Waals surface area contributed by atoms with E-state index in [1.54, 1.807) is 4.90 Å². The maximum Gasteiger partial charge on any atom is 0.224 e. The van der Waals surface area contributed by atoms with E-state index in [2.05, 4.69) is 6.92 Å². The van der Waals surface area contributed by atoms with Crippen molar-refractivity contribution >= 4 is 5.91 Å². The maximum absolute atomic E-state index is 11.4. The molecular weight excluding hydrogens is 166 g/mol. The molecule has 0 aromatic carbocycles. The predicted molar refractivity (Wildman–Crippen MR) is 53.6 cm³/mol. The number of carbonyl (C=O) groups excluding carboxylic acids is 1. The van der Waals surface area contributed by atoms with Crippen molar-refractivity contribution < 1.29 is 9.53 Å². The number of likely N-dealkylation sites (N-methyl/N-ethyl adjacent to an activating group) is 1. The van der Waals surface area contributed by atoms with E-state index in [1.807, 2.05) is 20.9 Å². The Kier molecular flexibility index (Phi) is 6.59. The van der Waals surface area contributed by atoms with Crippen LogP contribution in [0.15, 0.2) is 0 Å². The van der Waals surface area contributed by atoms with Crippen molar-refractivity contribution in [1.82, 2.24) is 4.90 Å². The molecule has 0 fully saturated rings. The van der Waals surface area contributed by atoms with Crippen LogP contribution in [0.5, 0.6) is 0 Å². The zero-order valence-corrected chi connectivity index (χ0v) is 9.17. The summed E-state index contributed by atoms with van der Waals surface area (Å²) in [7, 11) is 1.82. The molecule has 0 bridgehead atoms. The SMILES string of the molecule is CCCOCCN(C)C(=O)C(C)C.